The van der Waals surface area contributed by atoms with Gasteiger partial charge < -0.3 is 0 Å². The first-order valence-electron chi connectivity index (χ1n) is 2.44. The van der Waals surface area contributed by atoms with Crippen molar-refractivity contribution in [3.05, 3.63) is 5.92 Å². The van der Waals surface area contributed by atoms with Crippen LogP contribution in [-0.2, 0) is 0 Å². The Morgan fingerprint density at radius 2 is 1.43 bits per heavy atom. The van der Waals surface area contributed by atoms with Crippen molar-refractivity contribution in [1.29, 1.82) is 0 Å². The predicted molar refractivity (Wildman–Crippen MR) is 37.6 cm³/mol. The molecular weight excluding hydrogens is 152 g/mol. The lowest BCUT2D eigenvalue weighted by Gasteiger charge is -2.08. The number of alkyl halides is 1. The first kappa shape index (κ1) is 7.35. The second-order valence-corrected chi connectivity index (χ2v) is 4.45. The molecule has 0 nitrogen and oxygen atoms in total. The summed E-state index contributed by atoms with van der Waals surface area (Å²) in [5.41, 5.74) is 0. The third kappa shape index (κ3) is 2.98. The quantitative estimate of drug-likeness (QED) is 0.413. The summed E-state index contributed by atoms with van der Waals surface area (Å²) < 4.78 is 0.229. The van der Waals surface area contributed by atoms with Crippen LogP contribution in [0.3, 0.4) is 0 Å². The fourth-order valence-electron chi connectivity index (χ4n) is 0. The fraction of sp³-hybridized carbons (Fsp3) is 0.833. The standard InChI is InChI=1S/C6H12Br/c1-5(2)6(3,4)7/h1-4H3/q+1. The van der Waals surface area contributed by atoms with Gasteiger partial charge in [0.1, 0.15) is 5.92 Å². The van der Waals surface area contributed by atoms with Gasteiger partial charge >= 0.3 is 0 Å². The molecule has 0 saturated carbocycles. The molecule has 0 amide bonds. The molecule has 0 bridgehead atoms. The summed E-state index contributed by atoms with van der Waals surface area (Å²) in [6.07, 6.45) is 0. The van der Waals surface area contributed by atoms with Crippen molar-refractivity contribution in [2.45, 2.75) is 32.0 Å². The first-order chi connectivity index (χ1) is 2.94. The molecule has 0 N–H and O–H groups in total. The topological polar surface area (TPSA) is 0 Å². The lowest BCUT2D eigenvalue weighted by Crippen LogP contribution is -2.15. The van der Waals surface area contributed by atoms with Gasteiger partial charge in [0.25, 0.3) is 0 Å². The summed E-state index contributed by atoms with van der Waals surface area (Å²) in [4.78, 5) is 0. The van der Waals surface area contributed by atoms with Crippen molar-refractivity contribution >= 4 is 15.9 Å². The van der Waals surface area contributed by atoms with E-state index < -0.39 is 0 Å². The van der Waals surface area contributed by atoms with Crippen LogP contribution in [0.25, 0.3) is 0 Å². The second kappa shape index (κ2) is 2.08. The number of hydrogen-bond acceptors (Lipinski definition) is 0. The zero-order chi connectivity index (χ0) is 6.08. The lowest BCUT2D eigenvalue weighted by atomic mass is 10.0. The Labute approximate surface area is 54.4 Å². The molecule has 0 aliphatic heterocycles. The number of halogens is 1. The Balaban J connectivity index is 3.54. The first-order valence-corrected chi connectivity index (χ1v) is 3.23. The van der Waals surface area contributed by atoms with Crippen molar-refractivity contribution in [2.75, 3.05) is 0 Å². The molecule has 42 valence electrons. The third-order valence-corrected chi connectivity index (χ3v) is 1.98. The van der Waals surface area contributed by atoms with Gasteiger partial charge in [-0.3, -0.25) is 0 Å². The zero-order valence-electron chi connectivity index (χ0n) is 5.38. The van der Waals surface area contributed by atoms with Gasteiger partial charge in [0, 0.05) is 0 Å². The van der Waals surface area contributed by atoms with E-state index in [1.807, 2.05) is 0 Å². The molecule has 0 spiro atoms. The lowest BCUT2D eigenvalue weighted by molar-refractivity contribution is 0.743. The summed E-state index contributed by atoms with van der Waals surface area (Å²) in [5.74, 6) is 1.41. The average molecular weight is 164 g/mol. The van der Waals surface area contributed by atoms with Gasteiger partial charge in [-0.1, -0.05) is 0 Å². The Morgan fingerprint density at radius 3 is 1.43 bits per heavy atom. The zero-order valence-corrected chi connectivity index (χ0v) is 6.96. The Morgan fingerprint density at radius 1 is 1.29 bits per heavy atom. The molecule has 0 aromatic heterocycles. The van der Waals surface area contributed by atoms with Crippen LogP contribution in [0.1, 0.15) is 27.7 Å². The van der Waals surface area contributed by atoms with Crippen molar-refractivity contribution in [3.63, 3.8) is 0 Å². The molecule has 0 rings (SSSR count). The van der Waals surface area contributed by atoms with E-state index in [4.69, 9.17) is 0 Å². The molecule has 1 heteroatoms. The molecule has 0 heterocycles. The van der Waals surface area contributed by atoms with Crippen molar-refractivity contribution in [1.82, 2.24) is 0 Å². The van der Waals surface area contributed by atoms with Crippen molar-refractivity contribution < 1.29 is 0 Å². The number of hydrogen-bond donors (Lipinski definition) is 0. The summed E-state index contributed by atoms with van der Waals surface area (Å²) in [7, 11) is 0. The van der Waals surface area contributed by atoms with E-state index in [0.717, 1.165) is 0 Å². The monoisotopic (exact) mass is 163 g/mol. The Kier molecular flexibility index (Phi) is 2.18. The highest BCUT2D eigenvalue weighted by atomic mass is 79.9. The van der Waals surface area contributed by atoms with Gasteiger partial charge in [-0.15, -0.1) is 0 Å². The average Bonchev–Trinajstić information content (AvgIpc) is 1.31. The molecule has 0 saturated heterocycles. The van der Waals surface area contributed by atoms with E-state index in [1.165, 1.54) is 5.92 Å². The van der Waals surface area contributed by atoms with Gasteiger partial charge in [-0.05, 0) is 29.8 Å². The smallest absolute Gasteiger partial charge is 0.0316 e. The van der Waals surface area contributed by atoms with Crippen LogP contribution < -0.4 is 0 Å². The Hall–Kier alpha value is 0.350. The highest BCUT2D eigenvalue weighted by molar-refractivity contribution is 9.10. The molecule has 0 aliphatic rings. The normalized spacial score (nSPS) is 11.6. The van der Waals surface area contributed by atoms with E-state index in [2.05, 4.69) is 43.6 Å². The minimum absolute atomic E-state index is 0.229. The van der Waals surface area contributed by atoms with Gasteiger partial charge in [-0.25, -0.2) is 0 Å². The second-order valence-electron chi connectivity index (χ2n) is 2.47. The molecule has 0 aromatic rings. The van der Waals surface area contributed by atoms with Crippen LogP contribution >= 0.6 is 15.9 Å². The van der Waals surface area contributed by atoms with Crippen molar-refractivity contribution in [3.8, 4) is 0 Å². The van der Waals surface area contributed by atoms with E-state index in [1.54, 1.807) is 0 Å². The van der Waals surface area contributed by atoms with Crippen LogP contribution in [0.5, 0.6) is 0 Å². The summed E-state index contributed by atoms with van der Waals surface area (Å²) in [6.45, 7) is 8.52. The maximum absolute atomic E-state index is 3.51. The Bertz CT molecular complexity index is 49.7. The predicted octanol–water partition coefficient (Wildman–Crippen LogP) is 2.77. The molecule has 0 unspecified atom stereocenters. The van der Waals surface area contributed by atoms with Gasteiger partial charge in [0.05, 0.1) is 13.8 Å². The van der Waals surface area contributed by atoms with Crippen LogP contribution in [0.15, 0.2) is 0 Å². The summed E-state index contributed by atoms with van der Waals surface area (Å²) >= 11 is 3.51. The van der Waals surface area contributed by atoms with E-state index in [9.17, 15) is 0 Å². The molecular formula is C6H12Br+. The highest BCUT2D eigenvalue weighted by Crippen LogP contribution is 2.26. The van der Waals surface area contributed by atoms with E-state index in [0.29, 0.717) is 0 Å². The largest absolute Gasteiger partial charge is 0.157 e. The van der Waals surface area contributed by atoms with Crippen LogP contribution in [0, 0.1) is 5.92 Å². The molecule has 0 radical (unpaired) electrons. The van der Waals surface area contributed by atoms with Crippen molar-refractivity contribution in [2.24, 2.45) is 0 Å². The van der Waals surface area contributed by atoms with Gasteiger partial charge in [0.2, 0.25) is 0 Å². The van der Waals surface area contributed by atoms with E-state index >= 15 is 0 Å². The maximum Gasteiger partial charge on any atom is 0.157 e. The van der Waals surface area contributed by atoms with Gasteiger partial charge in [0.15, 0.2) is 4.32 Å². The molecule has 0 fully saturated rings. The van der Waals surface area contributed by atoms with Gasteiger partial charge in [-0.2, -0.15) is 0 Å². The molecule has 7 heavy (non-hydrogen) atoms. The van der Waals surface area contributed by atoms with Crippen LogP contribution in [0.4, 0.5) is 0 Å². The minimum atomic E-state index is 0.229. The summed E-state index contributed by atoms with van der Waals surface area (Å²) in [5, 5.41) is 0. The summed E-state index contributed by atoms with van der Waals surface area (Å²) in [6, 6.07) is 0. The molecule has 0 aromatic carbocycles. The minimum Gasteiger partial charge on any atom is -0.0316 e. The third-order valence-electron chi connectivity index (χ3n) is 1.19. The van der Waals surface area contributed by atoms with Crippen LogP contribution in [0.2, 0.25) is 0 Å². The molecule has 0 aliphatic carbocycles. The van der Waals surface area contributed by atoms with Crippen LogP contribution in [-0.4, -0.2) is 4.32 Å². The highest BCUT2D eigenvalue weighted by Gasteiger charge is 2.27. The maximum atomic E-state index is 3.51. The SMILES string of the molecule is C[C+](C)C(C)(C)Br. The number of rotatable bonds is 1. The molecule has 0 atom stereocenters. The fourth-order valence-corrected chi connectivity index (χ4v) is 0. The van der Waals surface area contributed by atoms with E-state index in [-0.39, 0.29) is 4.32 Å².